The van der Waals surface area contributed by atoms with Gasteiger partial charge in [0.2, 0.25) is 0 Å². The molecule has 2 aliphatic heterocycles. The van der Waals surface area contributed by atoms with Crippen LogP contribution in [0.3, 0.4) is 0 Å². The molecule has 0 saturated carbocycles. The van der Waals surface area contributed by atoms with Gasteiger partial charge in [0.25, 0.3) is 0 Å². The summed E-state index contributed by atoms with van der Waals surface area (Å²) in [6.07, 6.45) is 3.34. The Kier molecular flexibility index (Phi) is 3.76. The first-order valence-corrected chi connectivity index (χ1v) is 7.70. The van der Waals surface area contributed by atoms with E-state index in [0.717, 1.165) is 17.3 Å². The number of hydrogen-bond donors (Lipinski definition) is 0. The van der Waals surface area contributed by atoms with Crippen molar-refractivity contribution in [1.29, 1.82) is 5.26 Å². The van der Waals surface area contributed by atoms with E-state index in [-0.39, 0.29) is 0 Å². The van der Waals surface area contributed by atoms with Crippen LogP contribution < -0.4 is 0 Å². The number of rotatable bonds is 3. The van der Waals surface area contributed by atoms with Crippen LogP contribution in [-0.4, -0.2) is 29.8 Å². The summed E-state index contributed by atoms with van der Waals surface area (Å²) in [5.41, 5.74) is 1.01. The highest BCUT2D eigenvalue weighted by molar-refractivity contribution is 8.03. The number of nitrogens with zero attached hydrogens (tertiary/aromatic N) is 2. The molecule has 2 aliphatic rings. The molecule has 21 heavy (non-hydrogen) atoms. The molecule has 0 aliphatic carbocycles. The Morgan fingerprint density at radius 3 is 3.19 bits per heavy atom. The number of ether oxygens (including phenoxy) is 1. The highest BCUT2D eigenvalue weighted by Crippen LogP contribution is 2.44. The molecule has 0 radical (unpaired) electrons. The Morgan fingerprint density at radius 2 is 2.52 bits per heavy atom. The molecule has 0 N–H and O–H groups in total. The highest BCUT2D eigenvalue weighted by atomic mass is 32.2. The van der Waals surface area contributed by atoms with Gasteiger partial charge in [-0.15, -0.1) is 11.8 Å². The molecule has 1 aromatic rings. The molecule has 0 spiro atoms. The number of carbonyl (C=O) groups excluding carboxylic acids is 1. The molecule has 0 unspecified atom stereocenters. The molecule has 6 heteroatoms. The van der Waals surface area contributed by atoms with Gasteiger partial charge in [0.05, 0.1) is 41.0 Å². The van der Waals surface area contributed by atoms with Gasteiger partial charge in [-0.2, -0.15) is 5.26 Å². The second kappa shape index (κ2) is 5.70. The SMILES string of the molecule is CCOC(=O)C1=CN2CCSC2=C(C#N)[C@@H]1c1ccco1. The summed E-state index contributed by atoms with van der Waals surface area (Å²) >= 11 is 1.63. The first-order valence-electron chi connectivity index (χ1n) is 6.72. The largest absolute Gasteiger partial charge is 0.468 e. The predicted octanol–water partition coefficient (Wildman–Crippen LogP) is 2.61. The second-order valence-corrected chi connectivity index (χ2v) is 5.71. The van der Waals surface area contributed by atoms with Crippen LogP contribution in [0, 0.1) is 11.3 Å². The molecule has 0 bridgehead atoms. The van der Waals surface area contributed by atoms with E-state index in [4.69, 9.17) is 9.15 Å². The molecule has 1 saturated heterocycles. The Labute approximate surface area is 126 Å². The molecular weight excluding hydrogens is 288 g/mol. The number of allylic oxidation sites excluding steroid dienone is 1. The maximum absolute atomic E-state index is 12.3. The van der Waals surface area contributed by atoms with E-state index in [1.807, 2.05) is 4.90 Å². The van der Waals surface area contributed by atoms with Crippen LogP contribution in [0.5, 0.6) is 0 Å². The van der Waals surface area contributed by atoms with Crippen molar-refractivity contribution in [2.75, 3.05) is 18.9 Å². The third-order valence-corrected chi connectivity index (χ3v) is 4.53. The van der Waals surface area contributed by atoms with E-state index >= 15 is 0 Å². The predicted molar refractivity (Wildman–Crippen MR) is 78.0 cm³/mol. The number of hydrogen-bond acceptors (Lipinski definition) is 6. The lowest BCUT2D eigenvalue weighted by molar-refractivity contribution is -0.138. The zero-order chi connectivity index (χ0) is 14.8. The minimum absolute atomic E-state index is 0.300. The van der Waals surface area contributed by atoms with Crippen molar-refractivity contribution in [2.24, 2.45) is 0 Å². The van der Waals surface area contributed by atoms with Crippen LogP contribution in [0.1, 0.15) is 18.6 Å². The molecule has 3 heterocycles. The van der Waals surface area contributed by atoms with Crippen molar-refractivity contribution in [2.45, 2.75) is 12.8 Å². The Hall–Kier alpha value is -2.13. The first kappa shape index (κ1) is 13.8. The highest BCUT2D eigenvalue weighted by Gasteiger charge is 2.38. The molecule has 0 aromatic carbocycles. The van der Waals surface area contributed by atoms with Crippen molar-refractivity contribution >= 4 is 17.7 Å². The van der Waals surface area contributed by atoms with E-state index in [2.05, 4.69) is 6.07 Å². The van der Waals surface area contributed by atoms with Gasteiger partial charge in [0, 0.05) is 18.5 Å². The fraction of sp³-hybridized carbons (Fsp3) is 0.333. The van der Waals surface area contributed by atoms with Crippen LogP contribution in [-0.2, 0) is 9.53 Å². The van der Waals surface area contributed by atoms with Crippen LogP contribution in [0.25, 0.3) is 0 Å². The molecule has 108 valence electrons. The van der Waals surface area contributed by atoms with Gasteiger partial charge in [-0.05, 0) is 19.1 Å². The van der Waals surface area contributed by atoms with Gasteiger partial charge >= 0.3 is 5.97 Å². The molecule has 1 fully saturated rings. The summed E-state index contributed by atoms with van der Waals surface area (Å²) in [6, 6.07) is 5.79. The lowest BCUT2D eigenvalue weighted by Crippen LogP contribution is -2.26. The topological polar surface area (TPSA) is 66.5 Å². The van der Waals surface area contributed by atoms with E-state index in [1.165, 1.54) is 0 Å². The van der Waals surface area contributed by atoms with E-state index in [0.29, 0.717) is 23.5 Å². The number of nitriles is 1. The Bertz CT molecular complexity index is 655. The average Bonchev–Trinajstić information content (AvgIpc) is 3.16. The monoisotopic (exact) mass is 302 g/mol. The fourth-order valence-electron chi connectivity index (χ4n) is 2.55. The molecule has 1 atom stereocenters. The van der Waals surface area contributed by atoms with E-state index in [9.17, 15) is 10.1 Å². The lowest BCUT2D eigenvalue weighted by atomic mass is 9.88. The third kappa shape index (κ3) is 2.34. The van der Waals surface area contributed by atoms with Crippen LogP contribution in [0.4, 0.5) is 0 Å². The lowest BCUT2D eigenvalue weighted by Gasteiger charge is -2.27. The van der Waals surface area contributed by atoms with Crippen LogP contribution in [0.2, 0.25) is 0 Å². The quantitative estimate of drug-likeness (QED) is 0.800. The molecule has 5 nitrogen and oxygen atoms in total. The molecule has 0 amide bonds. The van der Waals surface area contributed by atoms with E-state index < -0.39 is 11.9 Å². The maximum atomic E-state index is 12.3. The average molecular weight is 302 g/mol. The first-order chi connectivity index (χ1) is 10.3. The van der Waals surface area contributed by atoms with Gasteiger partial charge in [0.1, 0.15) is 5.76 Å². The minimum atomic E-state index is -0.485. The standard InChI is InChI=1S/C15H14N2O3S/c1-2-19-15(18)11-9-17-5-7-21-14(17)10(8-16)13(11)12-4-3-6-20-12/h3-4,6,9,13H,2,5,7H2,1H3/t13-/m0/s1. The van der Waals surface area contributed by atoms with Crippen molar-refractivity contribution in [3.63, 3.8) is 0 Å². The van der Waals surface area contributed by atoms with Crippen LogP contribution in [0.15, 0.2) is 45.2 Å². The summed E-state index contributed by atoms with van der Waals surface area (Å²) in [5, 5.41) is 10.5. The summed E-state index contributed by atoms with van der Waals surface area (Å²) < 4.78 is 10.6. The van der Waals surface area contributed by atoms with Crippen molar-refractivity contribution in [3.8, 4) is 6.07 Å². The smallest absolute Gasteiger partial charge is 0.336 e. The minimum Gasteiger partial charge on any atom is -0.468 e. The van der Waals surface area contributed by atoms with Gasteiger partial charge in [-0.3, -0.25) is 0 Å². The van der Waals surface area contributed by atoms with E-state index in [1.54, 1.807) is 43.3 Å². The summed E-state index contributed by atoms with van der Waals surface area (Å²) in [6.45, 7) is 2.86. The summed E-state index contributed by atoms with van der Waals surface area (Å²) in [4.78, 5) is 14.2. The third-order valence-electron chi connectivity index (χ3n) is 3.42. The van der Waals surface area contributed by atoms with Gasteiger partial charge in [-0.25, -0.2) is 4.79 Å². The van der Waals surface area contributed by atoms with Gasteiger partial charge in [0.15, 0.2) is 0 Å². The molecule has 3 rings (SSSR count). The fourth-order valence-corrected chi connectivity index (χ4v) is 3.66. The number of fused-ring (bicyclic) bond motifs is 1. The second-order valence-electron chi connectivity index (χ2n) is 4.63. The zero-order valence-corrected chi connectivity index (χ0v) is 12.4. The number of esters is 1. The number of furan rings is 1. The number of carbonyl (C=O) groups is 1. The maximum Gasteiger partial charge on any atom is 0.336 e. The number of thioether (sulfide) groups is 1. The summed E-state index contributed by atoms with van der Waals surface area (Å²) in [5.74, 6) is 0.604. The van der Waals surface area contributed by atoms with Crippen molar-refractivity contribution < 1.29 is 13.9 Å². The van der Waals surface area contributed by atoms with Gasteiger partial charge < -0.3 is 14.1 Å². The van der Waals surface area contributed by atoms with Crippen molar-refractivity contribution in [1.82, 2.24) is 4.90 Å². The Balaban J connectivity index is 2.09. The van der Waals surface area contributed by atoms with Gasteiger partial charge in [-0.1, -0.05) is 0 Å². The normalized spacial score (nSPS) is 20.9. The molecule has 1 aromatic heterocycles. The summed E-state index contributed by atoms with van der Waals surface area (Å²) in [7, 11) is 0. The molecular formula is C15H14N2O3S. The van der Waals surface area contributed by atoms with Crippen molar-refractivity contribution in [3.05, 3.63) is 46.5 Å². The van der Waals surface area contributed by atoms with Crippen LogP contribution >= 0.6 is 11.8 Å². The Morgan fingerprint density at radius 1 is 1.67 bits per heavy atom. The zero-order valence-electron chi connectivity index (χ0n) is 11.5.